The van der Waals surface area contributed by atoms with Gasteiger partial charge in [0.05, 0.1) is 6.54 Å². The lowest BCUT2D eigenvalue weighted by Gasteiger charge is -2.14. The Bertz CT molecular complexity index is 531. The van der Waals surface area contributed by atoms with Crippen LogP contribution in [0.25, 0.3) is 0 Å². The van der Waals surface area contributed by atoms with Crippen LogP contribution in [0.4, 0.5) is 10.5 Å². The molecule has 1 unspecified atom stereocenters. The van der Waals surface area contributed by atoms with Gasteiger partial charge in [-0.05, 0) is 18.2 Å². The summed E-state index contributed by atoms with van der Waals surface area (Å²) in [5.41, 5.74) is 1.61. The van der Waals surface area contributed by atoms with Crippen LogP contribution in [0.1, 0.15) is 16.8 Å². The van der Waals surface area contributed by atoms with Crippen LogP contribution in [0.15, 0.2) is 24.3 Å². The van der Waals surface area contributed by atoms with Crippen LogP contribution >= 0.6 is 0 Å². The highest BCUT2D eigenvalue weighted by Crippen LogP contribution is 2.14. The fourth-order valence-electron chi connectivity index (χ4n) is 2.17. The highest BCUT2D eigenvalue weighted by Gasteiger charge is 2.27. The van der Waals surface area contributed by atoms with E-state index >= 15 is 0 Å². The third-order valence-corrected chi connectivity index (χ3v) is 3.43. The van der Waals surface area contributed by atoms with Crippen molar-refractivity contribution in [3.8, 4) is 0 Å². The zero-order valence-corrected chi connectivity index (χ0v) is 12.6. The van der Waals surface area contributed by atoms with Gasteiger partial charge in [0.25, 0.3) is 5.91 Å². The molecule has 1 aliphatic heterocycles. The average Bonchev–Trinajstić information content (AvgIpc) is 2.77. The van der Waals surface area contributed by atoms with Crippen molar-refractivity contribution in [3.05, 3.63) is 29.8 Å². The Morgan fingerprint density at radius 2 is 2.24 bits per heavy atom. The molecule has 21 heavy (non-hydrogen) atoms. The first-order valence-corrected chi connectivity index (χ1v) is 6.94. The molecule has 114 valence electrons. The molecule has 1 saturated heterocycles. The molecule has 2 rings (SSSR count). The van der Waals surface area contributed by atoms with Gasteiger partial charge in [-0.3, -0.25) is 4.79 Å². The number of carbonyl (C=O) groups excluding carboxylic acids is 2. The van der Waals surface area contributed by atoms with E-state index in [1.54, 1.807) is 13.1 Å². The highest BCUT2D eigenvalue weighted by atomic mass is 16.6. The SMILES string of the molecule is CN1CC(CCNC(=O)c2cccc(N(C)C)c2)OC1=O. The van der Waals surface area contributed by atoms with E-state index < -0.39 is 0 Å². The lowest BCUT2D eigenvalue weighted by Crippen LogP contribution is -2.28. The number of benzene rings is 1. The van der Waals surface area contributed by atoms with Gasteiger partial charge in [-0.25, -0.2) is 4.79 Å². The van der Waals surface area contributed by atoms with E-state index in [9.17, 15) is 9.59 Å². The number of amides is 2. The summed E-state index contributed by atoms with van der Waals surface area (Å²) in [4.78, 5) is 26.8. The Hall–Kier alpha value is -2.24. The van der Waals surface area contributed by atoms with Gasteiger partial charge in [-0.2, -0.15) is 0 Å². The number of likely N-dealkylation sites (N-methyl/N-ethyl adjacent to an activating group) is 1. The van der Waals surface area contributed by atoms with Crippen molar-refractivity contribution < 1.29 is 14.3 Å². The van der Waals surface area contributed by atoms with Crippen LogP contribution in [0.3, 0.4) is 0 Å². The summed E-state index contributed by atoms with van der Waals surface area (Å²) < 4.78 is 5.14. The predicted octanol–water partition coefficient (Wildman–Crippen LogP) is 1.32. The van der Waals surface area contributed by atoms with Crippen LogP contribution in [0, 0.1) is 0 Å². The molecule has 6 heteroatoms. The fraction of sp³-hybridized carbons (Fsp3) is 0.467. The van der Waals surface area contributed by atoms with E-state index in [4.69, 9.17) is 4.74 Å². The number of ether oxygens (including phenoxy) is 1. The molecule has 2 amide bonds. The molecule has 1 atom stereocenters. The quantitative estimate of drug-likeness (QED) is 0.889. The number of nitrogens with zero attached hydrogens (tertiary/aromatic N) is 2. The van der Waals surface area contributed by atoms with E-state index in [1.165, 1.54) is 4.90 Å². The Morgan fingerprint density at radius 1 is 1.48 bits per heavy atom. The van der Waals surface area contributed by atoms with Crippen LogP contribution in [0.2, 0.25) is 0 Å². The van der Waals surface area contributed by atoms with Gasteiger partial charge in [0, 0.05) is 45.4 Å². The second-order valence-electron chi connectivity index (χ2n) is 5.38. The molecule has 1 heterocycles. The largest absolute Gasteiger partial charge is 0.444 e. The van der Waals surface area contributed by atoms with Crippen molar-refractivity contribution in [3.63, 3.8) is 0 Å². The van der Waals surface area contributed by atoms with E-state index in [0.29, 0.717) is 25.1 Å². The second-order valence-corrected chi connectivity index (χ2v) is 5.38. The van der Waals surface area contributed by atoms with Gasteiger partial charge in [0.1, 0.15) is 6.10 Å². The van der Waals surface area contributed by atoms with Crippen LogP contribution in [-0.4, -0.2) is 57.2 Å². The van der Waals surface area contributed by atoms with Gasteiger partial charge in [0.15, 0.2) is 0 Å². The molecule has 1 N–H and O–H groups in total. The minimum Gasteiger partial charge on any atom is -0.444 e. The molecule has 6 nitrogen and oxygen atoms in total. The summed E-state index contributed by atoms with van der Waals surface area (Å²) in [5, 5.41) is 2.85. The molecule has 0 spiro atoms. The van der Waals surface area contributed by atoms with Gasteiger partial charge in [0.2, 0.25) is 0 Å². The molecule has 0 aromatic heterocycles. The number of anilines is 1. The normalized spacial score (nSPS) is 17.6. The molecular formula is C15H21N3O3. The summed E-state index contributed by atoms with van der Waals surface area (Å²) in [6.07, 6.45) is 0.177. The molecular weight excluding hydrogens is 270 g/mol. The summed E-state index contributed by atoms with van der Waals surface area (Å²) in [5.74, 6) is -0.114. The van der Waals surface area contributed by atoms with E-state index in [2.05, 4.69) is 5.32 Å². The molecule has 1 aromatic carbocycles. The van der Waals surface area contributed by atoms with Crippen molar-refractivity contribution in [2.24, 2.45) is 0 Å². The van der Waals surface area contributed by atoms with Crippen molar-refractivity contribution in [1.29, 1.82) is 0 Å². The Balaban J connectivity index is 1.82. The lowest BCUT2D eigenvalue weighted by atomic mass is 10.1. The first-order valence-electron chi connectivity index (χ1n) is 6.94. The van der Waals surface area contributed by atoms with Crippen LogP contribution in [-0.2, 0) is 4.74 Å². The highest BCUT2D eigenvalue weighted by molar-refractivity contribution is 5.95. The van der Waals surface area contributed by atoms with E-state index in [1.807, 2.05) is 37.2 Å². The monoisotopic (exact) mass is 291 g/mol. The molecule has 0 aliphatic carbocycles. The van der Waals surface area contributed by atoms with E-state index in [0.717, 1.165) is 5.69 Å². The van der Waals surface area contributed by atoms with Gasteiger partial charge >= 0.3 is 6.09 Å². The Labute approximate surface area is 124 Å². The summed E-state index contributed by atoms with van der Waals surface area (Å²) >= 11 is 0. The number of carbonyl (C=O) groups is 2. The minimum absolute atomic E-state index is 0.114. The van der Waals surface area contributed by atoms with Crippen molar-refractivity contribution in [2.75, 3.05) is 39.1 Å². The number of hydrogen-bond donors (Lipinski definition) is 1. The lowest BCUT2D eigenvalue weighted by molar-refractivity contribution is 0.0944. The first kappa shape index (κ1) is 15.2. The average molecular weight is 291 g/mol. The second kappa shape index (κ2) is 6.47. The molecule has 1 aliphatic rings. The van der Waals surface area contributed by atoms with Crippen LogP contribution in [0.5, 0.6) is 0 Å². The smallest absolute Gasteiger partial charge is 0.409 e. The molecule has 0 saturated carbocycles. The van der Waals surface area contributed by atoms with Crippen molar-refractivity contribution in [2.45, 2.75) is 12.5 Å². The zero-order chi connectivity index (χ0) is 15.4. The third kappa shape index (κ3) is 3.87. The van der Waals surface area contributed by atoms with Crippen molar-refractivity contribution >= 4 is 17.7 Å². The standard InChI is InChI=1S/C15H21N3O3/c1-17(2)12-6-4-5-11(9-12)14(19)16-8-7-13-10-18(3)15(20)21-13/h4-6,9,13H,7-8,10H2,1-3H3,(H,16,19). The molecule has 1 aromatic rings. The maximum Gasteiger partial charge on any atom is 0.409 e. The number of cyclic esters (lactones) is 1. The summed E-state index contributed by atoms with van der Waals surface area (Å²) in [6.45, 7) is 1.06. The number of nitrogens with one attached hydrogen (secondary N) is 1. The van der Waals surface area contributed by atoms with Gasteiger partial charge in [-0.15, -0.1) is 0 Å². The van der Waals surface area contributed by atoms with Crippen molar-refractivity contribution in [1.82, 2.24) is 10.2 Å². The Morgan fingerprint density at radius 3 is 2.86 bits per heavy atom. The third-order valence-electron chi connectivity index (χ3n) is 3.43. The summed E-state index contributed by atoms with van der Waals surface area (Å²) in [7, 11) is 5.57. The van der Waals surface area contributed by atoms with Crippen LogP contribution < -0.4 is 10.2 Å². The zero-order valence-electron chi connectivity index (χ0n) is 12.6. The summed E-state index contributed by atoms with van der Waals surface area (Å²) in [6, 6.07) is 7.44. The first-order chi connectivity index (χ1) is 9.97. The topological polar surface area (TPSA) is 61.9 Å². The van der Waals surface area contributed by atoms with Gasteiger partial charge < -0.3 is 19.9 Å². The van der Waals surface area contributed by atoms with Gasteiger partial charge in [-0.1, -0.05) is 6.07 Å². The Kier molecular flexibility index (Phi) is 4.67. The molecule has 0 radical (unpaired) electrons. The molecule has 0 bridgehead atoms. The van der Waals surface area contributed by atoms with E-state index in [-0.39, 0.29) is 18.1 Å². The minimum atomic E-state index is -0.301. The number of rotatable bonds is 5. The maximum atomic E-state index is 12.1. The number of hydrogen-bond acceptors (Lipinski definition) is 4. The fourth-order valence-corrected chi connectivity index (χ4v) is 2.17. The molecule has 1 fully saturated rings. The predicted molar refractivity (Wildman–Crippen MR) is 80.6 cm³/mol. The maximum absolute atomic E-state index is 12.1.